The highest BCUT2D eigenvalue weighted by atomic mass is 32.2. The van der Waals surface area contributed by atoms with E-state index in [0.29, 0.717) is 21.2 Å². The highest BCUT2D eigenvalue weighted by Crippen LogP contribution is 2.27. The van der Waals surface area contributed by atoms with Crippen LogP contribution in [0.2, 0.25) is 0 Å². The molecule has 0 atom stereocenters. The average molecular weight is 286 g/mol. The number of nitrogens with zero attached hydrogens (tertiary/aromatic N) is 2. The fraction of sp³-hybridized carbons (Fsp3) is 0.0714. The molecule has 3 aromatic rings. The Morgan fingerprint density at radius 1 is 1.25 bits per heavy atom. The number of carboxylic acids is 1. The van der Waals surface area contributed by atoms with Gasteiger partial charge in [-0.2, -0.15) is 0 Å². The molecule has 1 aromatic carbocycles. The number of aromatic carboxylic acids is 1. The average Bonchev–Trinajstić information content (AvgIpc) is 2.83. The van der Waals surface area contributed by atoms with E-state index in [0.717, 1.165) is 5.69 Å². The normalized spacial score (nSPS) is 10.8. The van der Waals surface area contributed by atoms with Crippen molar-refractivity contribution in [2.24, 2.45) is 0 Å². The largest absolute Gasteiger partial charge is 0.478 e. The maximum Gasteiger partial charge on any atom is 0.336 e. The van der Waals surface area contributed by atoms with E-state index in [-0.39, 0.29) is 5.56 Å². The molecule has 2 heterocycles. The third kappa shape index (κ3) is 2.37. The van der Waals surface area contributed by atoms with Crippen LogP contribution in [0.25, 0.3) is 10.9 Å². The number of rotatable bonds is 3. The van der Waals surface area contributed by atoms with Crippen molar-refractivity contribution in [3.8, 4) is 0 Å². The zero-order valence-electron chi connectivity index (χ0n) is 10.5. The Morgan fingerprint density at radius 3 is 2.80 bits per heavy atom. The molecule has 5 nitrogen and oxygen atoms in total. The summed E-state index contributed by atoms with van der Waals surface area (Å²) in [6.07, 6.45) is 1.58. The minimum Gasteiger partial charge on any atom is -0.478 e. The van der Waals surface area contributed by atoms with E-state index in [4.69, 9.17) is 9.52 Å². The first-order valence-electron chi connectivity index (χ1n) is 5.86. The number of fused-ring (bicyclic) bond motifs is 1. The Balaban J connectivity index is 2.01. The van der Waals surface area contributed by atoms with Gasteiger partial charge in [0.05, 0.1) is 16.8 Å². The minimum atomic E-state index is -0.957. The molecule has 0 aliphatic carbocycles. The lowest BCUT2D eigenvalue weighted by Crippen LogP contribution is -1.97. The number of carboxylic acid groups (broad SMARTS) is 1. The van der Waals surface area contributed by atoms with Crippen LogP contribution in [0.3, 0.4) is 0 Å². The van der Waals surface area contributed by atoms with E-state index in [1.54, 1.807) is 36.6 Å². The molecule has 0 bridgehead atoms. The van der Waals surface area contributed by atoms with Crippen LogP contribution in [0.1, 0.15) is 16.1 Å². The standard InChI is InChI=1S/C14H10N2O3S/c1-8-7-19-14(15-8)20-12-6-5-9-10(13(17)18)3-2-4-11(9)16-12/h2-7H,1H3,(H,17,18). The zero-order valence-corrected chi connectivity index (χ0v) is 11.3. The summed E-state index contributed by atoms with van der Waals surface area (Å²) in [6.45, 7) is 1.85. The fourth-order valence-corrected chi connectivity index (χ4v) is 2.59. The highest BCUT2D eigenvalue weighted by molar-refractivity contribution is 7.99. The van der Waals surface area contributed by atoms with Crippen molar-refractivity contribution in [2.75, 3.05) is 0 Å². The summed E-state index contributed by atoms with van der Waals surface area (Å²) in [4.78, 5) is 19.8. The molecule has 20 heavy (non-hydrogen) atoms. The van der Waals surface area contributed by atoms with Crippen molar-refractivity contribution in [1.29, 1.82) is 0 Å². The number of hydrogen-bond donors (Lipinski definition) is 1. The van der Waals surface area contributed by atoms with Crippen molar-refractivity contribution in [2.45, 2.75) is 17.2 Å². The molecule has 2 aromatic heterocycles. The topological polar surface area (TPSA) is 76.2 Å². The van der Waals surface area contributed by atoms with Gasteiger partial charge in [0.25, 0.3) is 5.22 Å². The molecule has 3 rings (SSSR count). The van der Waals surface area contributed by atoms with E-state index in [1.807, 2.05) is 6.92 Å². The van der Waals surface area contributed by atoms with Gasteiger partial charge < -0.3 is 9.52 Å². The predicted octanol–water partition coefficient (Wildman–Crippen LogP) is 3.38. The molecule has 6 heteroatoms. The maximum atomic E-state index is 11.1. The first-order chi connectivity index (χ1) is 9.63. The van der Waals surface area contributed by atoms with Crippen LogP contribution >= 0.6 is 11.8 Å². The number of aromatic nitrogens is 2. The van der Waals surface area contributed by atoms with Gasteiger partial charge in [0, 0.05) is 5.39 Å². The third-order valence-electron chi connectivity index (χ3n) is 2.73. The highest BCUT2D eigenvalue weighted by Gasteiger charge is 2.10. The van der Waals surface area contributed by atoms with Crippen LogP contribution in [0.5, 0.6) is 0 Å². The number of pyridine rings is 1. The molecule has 0 aliphatic heterocycles. The second kappa shape index (κ2) is 4.97. The summed E-state index contributed by atoms with van der Waals surface area (Å²) in [6, 6.07) is 8.55. The maximum absolute atomic E-state index is 11.1. The van der Waals surface area contributed by atoms with Gasteiger partial charge in [-0.25, -0.2) is 14.8 Å². The monoisotopic (exact) mass is 286 g/mol. The lowest BCUT2D eigenvalue weighted by Gasteiger charge is -2.03. The van der Waals surface area contributed by atoms with Crippen molar-refractivity contribution in [1.82, 2.24) is 9.97 Å². The van der Waals surface area contributed by atoms with Crippen LogP contribution < -0.4 is 0 Å². The van der Waals surface area contributed by atoms with E-state index in [9.17, 15) is 4.79 Å². The molecule has 0 radical (unpaired) electrons. The summed E-state index contributed by atoms with van der Waals surface area (Å²) in [7, 11) is 0. The fourth-order valence-electron chi connectivity index (χ4n) is 1.85. The Kier molecular flexibility index (Phi) is 3.15. The summed E-state index contributed by atoms with van der Waals surface area (Å²) in [5.41, 5.74) is 1.69. The van der Waals surface area contributed by atoms with Crippen LogP contribution in [-0.2, 0) is 0 Å². The van der Waals surface area contributed by atoms with Gasteiger partial charge in [0.15, 0.2) is 0 Å². The molecule has 0 unspecified atom stereocenters. The Labute approximate surface area is 118 Å². The van der Waals surface area contributed by atoms with Gasteiger partial charge in [0.2, 0.25) is 0 Å². The predicted molar refractivity (Wildman–Crippen MR) is 74.1 cm³/mol. The number of hydrogen-bond acceptors (Lipinski definition) is 5. The first kappa shape index (κ1) is 12.7. The van der Waals surface area contributed by atoms with E-state index in [2.05, 4.69) is 9.97 Å². The van der Waals surface area contributed by atoms with Crippen molar-refractivity contribution in [3.63, 3.8) is 0 Å². The number of carbonyl (C=O) groups is 1. The van der Waals surface area contributed by atoms with Crippen molar-refractivity contribution < 1.29 is 14.3 Å². The lowest BCUT2D eigenvalue weighted by molar-refractivity contribution is 0.0699. The third-order valence-corrected chi connectivity index (χ3v) is 3.53. The quantitative estimate of drug-likeness (QED) is 0.795. The van der Waals surface area contributed by atoms with Gasteiger partial charge in [-0.15, -0.1) is 0 Å². The number of aryl methyl sites for hydroxylation is 1. The number of benzene rings is 1. The molecular formula is C14H10N2O3S. The Bertz CT molecular complexity index is 798. The van der Waals surface area contributed by atoms with E-state index in [1.165, 1.54) is 11.8 Å². The van der Waals surface area contributed by atoms with Crippen LogP contribution in [0.15, 0.2) is 51.3 Å². The van der Waals surface area contributed by atoms with Crippen LogP contribution in [0, 0.1) is 6.92 Å². The molecule has 0 saturated heterocycles. The molecule has 0 saturated carbocycles. The van der Waals surface area contributed by atoms with Gasteiger partial charge in [-0.05, 0) is 43.0 Å². The lowest BCUT2D eigenvalue weighted by atomic mass is 10.1. The molecule has 100 valence electrons. The molecule has 0 spiro atoms. The summed E-state index contributed by atoms with van der Waals surface area (Å²) < 4.78 is 5.26. The molecule has 1 N–H and O–H groups in total. The van der Waals surface area contributed by atoms with E-state index >= 15 is 0 Å². The SMILES string of the molecule is Cc1coc(Sc2ccc3c(C(=O)O)cccc3n2)n1. The second-order valence-corrected chi connectivity index (χ2v) is 5.16. The van der Waals surface area contributed by atoms with E-state index < -0.39 is 5.97 Å². The molecule has 0 fully saturated rings. The van der Waals surface area contributed by atoms with Crippen LogP contribution in [-0.4, -0.2) is 21.0 Å². The Hall–Kier alpha value is -2.34. The Morgan fingerprint density at radius 2 is 2.10 bits per heavy atom. The van der Waals surface area contributed by atoms with Crippen molar-refractivity contribution in [3.05, 3.63) is 47.9 Å². The molecule has 0 amide bonds. The first-order valence-corrected chi connectivity index (χ1v) is 6.68. The van der Waals surface area contributed by atoms with Gasteiger partial charge >= 0.3 is 5.97 Å². The molecule has 0 aliphatic rings. The number of oxazole rings is 1. The molecular weight excluding hydrogens is 276 g/mol. The summed E-state index contributed by atoms with van der Waals surface area (Å²) >= 11 is 1.30. The van der Waals surface area contributed by atoms with Crippen molar-refractivity contribution >= 4 is 28.6 Å². The minimum absolute atomic E-state index is 0.249. The second-order valence-electron chi connectivity index (χ2n) is 4.18. The zero-order chi connectivity index (χ0) is 14.1. The van der Waals surface area contributed by atoms with Gasteiger partial charge in [-0.1, -0.05) is 6.07 Å². The van der Waals surface area contributed by atoms with Crippen LogP contribution in [0.4, 0.5) is 0 Å². The van der Waals surface area contributed by atoms with Gasteiger partial charge in [0.1, 0.15) is 11.3 Å². The summed E-state index contributed by atoms with van der Waals surface area (Å²) in [5, 5.41) is 11.0. The van der Waals surface area contributed by atoms with Gasteiger partial charge in [-0.3, -0.25) is 0 Å². The summed E-state index contributed by atoms with van der Waals surface area (Å²) in [5.74, 6) is -0.957. The smallest absolute Gasteiger partial charge is 0.336 e.